The predicted octanol–water partition coefficient (Wildman–Crippen LogP) is 2.77. The Morgan fingerprint density at radius 1 is 1.32 bits per heavy atom. The minimum atomic E-state index is -0.460. The summed E-state index contributed by atoms with van der Waals surface area (Å²) in [6, 6.07) is 11.1. The molecule has 2 heterocycles. The largest absolute Gasteiger partial charge is 0.324 e. The summed E-state index contributed by atoms with van der Waals surface area (Å²) in [5, 5.41) is 5.19. The van der Waals surface area contributed by atoms with Gasteiger partial charge in [0.25, 0.3) is 0 Å². The molecule has 1 aliphatic rings. The standard InChI is InChI=1S/C16H15N3O2S/c1-10(15(20)18-11-5-4-8-17-9-11)14-16(21)19-12-6-2-3-7-13(12)22-14/h2-10,14H,1H3,(H,18,20)(H,19,21)/t10-,14-/m0/s1. The van der Waals surface area contributed by atoms with Gasteiger partial charge in [-0.3, -0.25) is 14.6 Å². The van der Waals surface area contributed by atoms with Crippen molar-refractivity contribution in [3.8, 4) is 0 Å². The molecule has 1 aromatic heterocycles. The number of nitrogens with one attached hydrogen (secondary N) is 2. The fourth-order valence-electron chi connectivity index (χ4n) is 2.23. The molecule has 112 valence electrons. The van der Waals surface area contributed by atoms with Crippen LogP contribution in [-0.4, -0.2) is 22.0 Å². The van der Waals surface area contributed by atoms with Crippen LogP contribution < -0.4 is 10.6 Å². The van der Waals surface area contributed by atoms with Crippen molar-refractivity contribution in [3.63, 3.8) is 0 Å². The van der Waals surface area contributed by atoms with E-state index in [9.17, 15) is 9.59 Å². The van der Waals surface area contributed by atoms with E-state index in [2.05, 4.69) is 15.6 Å². The van der Waals surface area contributed by atoms with E-state index in [1.54, 1.807) is 31.5 Å². The first kappa shape index (κ1) is 14.6. The minimum absolute atomic E-state index is 0.141. The zero-order valence-electron chi connectivity index (χ0n) is 11.9. The van der Waals surface area contributed by atoms with Gasteiger partial charge in [-0.25, -0.2) is 0 Å². The van der Waals surface area contributed by atoms with Crippen molar-refractivity contribution in [2.45, 2.75) is 17.1 Å². The van der Waals surface area contributed by atoms with Gasteiger partial charge in [0.2, 0.25) is 11.8 Å². The van der Waals surface area contributed by atoms with Gasteiger partial charge in [-0.15, -0.1) is 11.8 Å². The highest BCUT2D eigenvalue weighted by Gasteiger charge is 2.35. The molecule has 0 bridgehead atoms. The lowest BCUT2D eigenvalue weighted by molar-refractivity contribution is -0.123. The highest BCUT2D eigenvalue weighted by molar-refractivity contribution is 8.01. The van der Waals surface area contributed by atoms with Gasteiger partial charge in [0, 0.05) is 11.1 Å². The summed E-state index contributed by atoms with van der Waals surface area (Å²) in [5.41, 5.74) is 1.43. The Bertz CT molecular complexity index is 706. The maximum absolute atomic E-state index is 12.3. The summed E-state index contributed by atoms with van der Waals surface area (Å²) in [6.07, 6.45) is 3.22. The van der Waals surface area contributed by atoms with E-state index in [-0.39, 0.29) is 11.8 Å². The van der Waals surface area contributed by atoms with Crippen LogP contribution in [0.15, 0.2) is 53.7 Å². The number of nitrogens with zero attached hydrogens (tertiary/aromatic N) is 1. The number of rotatable bonds is 3. The van der Waals surface area contributed by atoms with Gasteiger partial charge in [-0.05, 0) is 24.3 Å². The van der Waals surface area contributed by atoms with E-state index >= 15 is 0 Å². The third-order valence-corrected chi connectivity index (χ3v) is 4.94. The highest BCUT2D eigenvalue weighted by atomic mass is 32.2. The van der Waals surface area contributed by atoms with Crippen LogP contribution >= 0.6 is 11.8 Å². The summed E-state index contributed by atoms with van der Waals surface area (Å²) < 4.78 is 0. The number of fused-ring (bicyclic) bond motifs is 1. The molecule has 1 aromatic carbocycles. The van der Waals surface area contributed by atoms with E-state index in [0.717, 1.165) is 10.6 Å². The average Bonchev–Trinajstić information content (AvgIpc) is 2.54. The Balaban J connectivity index is 1.73. The summed E-state index contributed by atoms with van der Waals surface area (Å²) in [5.74, 6) is -0.795. The third-order valence-electron chi connectivity index (χ3n) is 3.45. The van der Waals surface area contributed by atoms with Gasteiger partial charge < -0.3 is 10.6 Å². The van der Waals surface area contributed by atoms with E-state index in [1.165, 1.54) is 11.8 Å². The van der Waals surface area contributed by atoms with Crippen LogP contribution in [0.5, 0.6) is 0 Å². The minimum Gasteiger partial charge on any atom is -0.324 e. The zero-order chi connectivity index (χ0) is 15.5. The Hall–Kier alpha value is -2.34. The topological polar surface area (TPSA) is 71.1 Å². The molecule has 22 heavy (non-hydrogen) atoms. The van der Waals surface area contributed by atoms with E-state index in [4.69, 9.17) is 0 Å². The van der Waals surface area contributed by atoms with Gasteiger partial charge in [0.1, 0.15) is 0 Å². The molecule has 2 amide bonds. The molecular weight excluding hydrogens is 298 g/mol. The second-order valence-electron chi connectivity index (χ2n) is 5.04. The van der Waals surface area contributed by atoms with Crippen LogP contribution in [0.4, 0.5) is 11.4 Å². The van der Waals surface area contributed by atoms with Gasteiger partial charge in [-0.2, -0.15) is 0 Å². The fraction of sp³-hybridized carbons (Fsp3) is 0.188. The van der Waals surface area contributed by atoms with E-state index in [0.29, 0.717) is 5.69 Å². The number of aromatic nitrogens is 1. The van der Waals surface area contributed by atoms with Crippen molar-refractivity contribution in [2.24, 2.45) is 5.92 Å². The smallest absolute Gasteiger partial charge is 0.238 e. The Morgan fingerprint density at radius 3 is 2.91 bits per heavy atom. The molecule has 3 rings (SSSR count). The normalized spacial score (nSPS) is 18.0. The van der Waals surface area contributed by atoms with Gasteiger partial charge in [0.05, 0.1) is 28.7 Å². The second kappa shape index (κ2) is 6.19. The number of carbonyl (C=O) groups is 2. The number of anilines is 2. The molecule has 0 aliphatic carbocycles. The molecule has 0 saturated carbocycles. The Kier molecular flexibility index (Phi) is 4.11. The number of hydrogen-bond donors (Lipinski definition) is 2. The summed E-state index contributed by atoms with van der Waals surface area (Å²) >= 11 is 1.42. The quantitative estimate of drug-likeness (QED) is 0.914. The first-order chi connectivity index (χ1) is 10.6. The van der Waals surface area contributed by atoms with E-state index in [1.807, 2.05) is 24.3 Å². The van der Waals surface area contributed by atoms with Crippen molar-refractivity contribution in [2.75, 3.05) is 10.6 Å². The van der Waals surface area contributed by atoms with Crippen LogP contribution in [0.2, 0.25) is 0 Å². The molecule has 0 radical (unpaired) electrons. The lowest BCUT2D eigenvalue weighted by Crippen LogP contribution is -2.39. The van der Waals surface area contributed by atoms with Gasteiger partial charge in [-0.1, -0.05) is 19.1 Å². The van der Waals surface area contributed by atoms with Gasteiger partial charge in [0.15, 0.2) is 0 Å². The van der Waals surface area contributed by atoms with Crippen molar-refractivity contribution in [3.05, 3.63) is 48.8 Å². The number of hydrogen-bond acceptors (Lipinski definition) is 4. The van der Waals surface area contributed by atoms with Crippen molar-refractivity contribution in [1.82, 2.24) is 4.98 Å². The molecular formula is C16H15N3O2S. The van der Waals surface area contributed by atoms with Crippen LogP contribution in [0.3, 0.4) is 0 Å². The molecule has 0 spiro atoms. The third kappa shape index (κ3) is 2.96. The van der Waals surface area contributed by atoms with Crippen molar-refractivity contribution >= 4 is 35.0 Å². The van der Waals surface area contributed by atoms with Crippen molar-refractivity contribution < 1.29 is 9.59 Å². The van der Waals surface area contributed by atoms with Crippen molar-refractivity contribution in [1.29, 1.82) is 0 Å². The van der Waals surface area contributed by atoms with Crippen LogP contribution in [0, 0.1) is 5.92 Å². The molecule has 0 saturated heterocycles. The highest BCUT2D eigenvalue weighted by Crippen LogP contribution is 2.38. The van der Waals surface area contributed by atoms with E-state index < -0.39 is 11.2 Å². The first-order valence-electron chi connectivity index (χ1n) is 6.92. The summed E-state index contributed by atoms with van der Waals surface area (Å²) in [4.78, 5) is 29.5. The SMILES string of the molecule is C[C@H](C(=O)Nc1cccnc1)[C@@H]1Sc2ccccc2NC1=O. The summed E-state index contributed by atoms with van der Waals surface area (Å²) in [7, 11) is 0. The molecule has 1 aliphatic heterocycles. The molecule has 0 fully saturated rings. The molecule has 2 aromatic rings. The first-order valence-corrected chi connectivity index (χ1v) is 7.80. The average molecular weight is 313 g/mol. The Labute approximate surface area is 132 Å². The molecule has 0 unspecified atom stereocenters. The maximum Gasteiger partial charge on any atom is 0.238 e. The zero-order valence-corrected chi connectivity index (χ0v) is 12.8. The lowest BCUT2D eigenvalue weighted by atomic mass is 10.1. The Morgan fingerprint density at radius 2 is 2.14 bits per heavy atom. The number of para-hydroxylation sites is 1. The molecule has 6 heteroatoms. The number of amides is 2. The molecule has 2 atom stereocenters. The molecule has 5 nitrogen and oxygen atoms in total. The number of pyridine rings is 1. The monoisotopic (exact) mass is 313 g/mol. The molecule has 2 N–H and O–H groups in total. The van der Waals surface area contributed by atoms with Crippen LogP contribution in [0.25, 0.3) is 0 Å². The predicted molar refractivity (Wildman–Crippen MR) is 86.7 cm³/mol. The van der Waals surface area contributed by atoms with Gasteiger partial charge >= 0.3 is 0 Å². The number of thioether (sulfide) groups is 1. The van der Waals surface area contributed by atoms with Crippen LogP contribution in [-0.2, 0) is 9.59 Å². The lowest BCUT2D eigenvalue weighted by Gasteiger charge is -2.27. The summed E-state index contributed by atoms with van der Waals surface area (Å²) in [6.45, 7) is 1.76. The number of carbonyl (C=O) groups excluding carboxylic acids is 2. The van der Waals surface area contributed by atoms with Crippen LogP contribution in [0.1, 0.15) is 6.92 Å². The second-order valence-corrected chi connectivity index (χ2v) is 6.23. The maximum atomic E-state index is 12.3. The number of benzene rings is 1. The fourth-order valence-corrected chi connectivity index (χ4v) is 3.40.